The molecular weight excluding hydrogens is 498 g/mol. The number of nitrogens with zero attached hydrogens (tertiary/aromatic N) is 3. The SMILES string of the molecule is CC(CCC(=O)N1CCN(C(=O)N2CCCC2C)CC1)[C@H]1CC[C@H]2[C@@H]3CC=C4C[C@@H](O)CC[C@]4(C)[C@H]3CC[C@]12C. The largest absolute Gasteiger partial charge is 0.393 e. The first kappa shape index (κ1) is 28.6. The van der Waals surface area contributed by atoms with Crippen LogP contribution in [0.3, 0.4) is 0 Å². The molecule has 3 amide bonds. The fourth-order valence-electron chi connectivity index (χ4n) is 10.9. The molecule has 2 heterocycles. The van der Waals surface area contributed by atoms with E-state index >= 15 is 0 Å². The van der Waals surface area contributed by atoms with Crippen LogP contribution in [-0.4, -0.2) is 76.6 Å². The third-order valence-electron chi connectivity index (χ3n) is 13.4. The van der Waals surface area contributed by atoms with Crippen molar-refractivity contribution in [2.24, 2.45) is 40.4 Å². The molecule has 6 heteroatoms. The summed E-state index contributed by atoms with van der Waals surface area (Å²) in [5, 5.41) is 10.3. The van der Waals surface area contributed by atoms with Gasteiger partial charge in [-0.1, -0.05) is 32.4 Å². The molecule has 0 aromatic carbocycles. The maximum absolute atomic E-state index is 13.2. The normalized spacial score (nSPS) is 42.1. The molecule has 4 aliphatic carbocycles. The van der Waals surface area contributed by atoms with Crippen molar-refractivity contribution >= 4 is 11.9 Å². The standard InChI is InChI=1S/C34H55N3O3/c1-23(7-12-31(39)35-18-20-36(21-19-35)32(40)37-17-5-6-24(37)2)28-10-11-29-27-9-8-25-22-26(38)13-15-33(25,3)30(27)14-16-34(28,29)4/h8,23-24,26-30,38H,5-7,9-22H2,1-4H3/t23?,24?,26-,27-,28+,29-,30-,33-,34+/m0/s1. The second kappa shape index (κ2) is 10.9. The Kier molecular flexibility index (Phi) is 7.80. The van der Waals surface area contributed by atoms with Gasteiger partial charge in [-0.25, -0.2) is 4.79 Å². The Morgan fingerprint density at radius 3 is 2.45 bits per heavy atom. The Hall–Kier alpha value is -1.56. The van der Waals surface area contributed by atoms with Crippen molar-refractivity contribution in [3.05, 3.63) is 11.6 Å². The van der Waals surface area contributed by atoms with Gasteiger partial charge in [-0.2, -0.15) is 0 Å². The number of piperazine rings is 1. The van der Waals surface area contributed by atoms with E-state index in [1.54, 1.807) is 5.57 Å². The van der Waals surface area contributed by atoms with Crippen molar-refractivity contribution in [2.75, 3.05) is 32.7 Å². The minimum absolute atomic E-state index is 0.130. The van der Waals surface area contributed by atoms with E-state index in [1.165, 1.54) is 32.1 Å². The van der Waals surface area contributed by atoms with Crippen LogP contribution in [0.15, 0.2) is 11.6 Å². The minimum atomic E-state index is -0.130. The highest BCUT2D eigenvalue weighted by Gasteiger charge is 2.59. The predicted molar refractivity (Wildman–Crippen MR) is 159 cm³/mol. The van der Waals surface area contributed by atoms with Crippen LogP contribution in [0.4, 0.5) is 4.79 Å². The van der Waals surface area contributed by atoms with Gasteiger partial charge in [0.15, 0.2) is 0 Å². The molecule has 2 saturated heterocycles. The fraction of sp³-hybridized carbons (Fsp3) is 0.882. The summed E-state index contributed by atoms with van der Waals surface area (Å²) < 4.78 is 0. The van der Waals surface area contributed by atoms with Gasteiger partial charge in [-0.05, 0) is 118 Å². The summed E-state index contributed by atoms with van der Waals surface area (Å²) in [5.41, 5.74) is 2.27. The number of aliphatic hydroxyl groups is 1. The van der Waals surface area contributed by atoms with Crippen LogP contribution >= 0.6 is 0 Å². The second-order valence-electron chi connectivity index (χ2n) is 15.2. The van der Waals surface area contributed by atoms with E-state index in [0.29, 0.717) is 55.4 Å². The highest BCUT2D eigenvalue weighted by atomic mass is 16.3. The lowest BCUT2D eigenvalue weighted by Gasteiger charge is -2.58. The third-order valence-corrected chi connectivity index (χ3v) is 13.4. The molecule has 3 saturated carbocycles. The number of hydrogen-bond donors (Lipinski definition) is 1. The van der Waals surface area contributed by atoms with Crippen molar-refractivity contribution in [2.45, 2.75) is 117 Å². The van der Waals surface area contributed by atoms with Gasteiger partial charge in [0, 0.05) is 45.2 Å². The van der Waals surface area contributed by atoms with Gasteiger partial charge in [0.05, 0.1) is 6.10 Å². The summed E-state index contributed by atoms with van der Waals surface area (Å²) in [6, 6.07) is 0.515. The zero-order valence-corrected chi connectivity index (χ0v) is 25.7. The molecule has 5 fully saturated rings. The van der Waals surface area contributed by atoms with Crippen LogP contribution in [0.2, 0.25) is 0 Å². The molecule has 224 valence electrons. The van der Waals surface area contributed by atoms with Crippen molar-refractivity contribution < 1.29 is 14.7 Å². The number of amides is 3. The molecule has 6 rings (SSSR count). The van der Waals surface area contributed by atoms with Crippen LogP contribution < -0.4 is 0 Å². The van der Waals surface area contributed by atoms with Crippen LogP contribution in [0.5, 0.6) is 0 Å². The Morgan fingerprint density at radius 1 is 0.975 bits per heavy atom. The first-order valence-corrected chi connectivity index (χ1v) is 16.8. The minimum Gasteiger partial charge on any atom is -0.393 e. The van der Waals surface area contributed by atoms with Gasteiger partial charge < -0.3 is 19.8 Å². The van der Waals surface area contributed by atoms with E-state index in [-0.39, 0.29) is 18.0 Å². The monoisotopic (exact) mass is 553 g/mol. The molecule has 6 aliphatic rings. The van der Waals surface area contributed by atoms with Crippen molar-refractivity contribution in [1.29, 1.82) is 0 Å². The average Bonchev–Trinajstić information content (AvgIpc) is 3.54. The number of aliphatic hydroxyl groups excluding tert-OH is 1. The second-order valence-corrected chi connectivity index (χ2v) is 15.2. The average molecular weight is 554 g/mol. The number of likely N-dealkylation sites (tertiary alicyclic amines) is 1. The molecule has 0 spiro atoms. The topological polar surface area (TPSA) is 64.1 Å². The quantitative estimate of drug-likeness (QED) is 0.429. The summed E-state index contributed by atoms with van der Waals surface area (Å²) in [5.74, 6) is 3.96. The number of carbonyl (C=O) groups excluding carboxylic acids is 2. The number of urea groups is 1. The molecule has 2 aliphatic heterocycles. The van der Waals surface area contributed by atoms with Crippen LogP contribution in [0, 0.1) is 40.4 Å². The highest BCUT2D eigenvalue weighted by molar-refractivity contribution is 5.78. The number of allylic oxidation sites excluding steroid dienone is 1. The van der Waals surface area contributed by atoms with E-state index in [9.17, 15) is 14.7 Å². The molecular formula is C34H55N3O3. The predicted octanol–water partition coefficient (Wildman–Crippen LogP) is 6.09. The molecule has 0 aromatic rings. The van der Waals surface area contributed by atoms with E-state index in [1.807, 2.05) is 14.7 Å². The lowest BCUT2D eigenvalue weighted by Crippen LogP contribution is -2.54. The van der Waals surface area contributed by atoms with Gasteiger partial charge in [0.25, 0.3) is 0 Å². The number of rotatable bonds is 4. The number of fused-ring (bicyclic) bond motifs is 5. The fourth-order valence-corrected chi connectivity index (χ4v) is 10.9. The Morgan fingerprint density at radius 2 is 1.73 bits per heavy atom. The van der Waals surface area contributed by atoms with Crippen LogP contribution in [0.1, 0.15) is 105 Å². The number of hydrogen-bond acceptors (Lipinski definition) is 3. The van der Waals surface area contributed by atoms with Gasteiger partial charge in [-0.3, -0.25) is 4.79 Å². The Labute approximate surface area is 242 Å². The van der Waals surface area contributed by atoms with Gasteiger partial charge >= 0.3 is 6.03 Å². The summed E-state index contributed by atoms with van der Waals surface area (Å²) in [4.78, 5) is 32.1. The first-order chi connectivity index (χ1) is 19.1. The summed E-state index contributed by atoms with van der Waals surface area (Å²) in [6.45, 7) is 13.3. The summed E-state index contributed by atoms with van der Waals surface area (Å²) in [6.07, 6.45) is 15.8. The zero-order valence-electron chi connectivity index (χ0n) is 25.7. The zero-order chi connectivity index (χ0) is 28.2. The van der Waals surface area contributed by atoms with Gasteiger partial charge in [0.2, 0.25) is 5.91 Å². The molecule has 40 heavy (non-hydrogen) atoms. The molecule has 2 unspecified atom stereocenters. The van der Waals surface area contributed by atoms with E-state index in [2.05, 4.69) is 33.8 Å². The summed E-state index contributed by atoms with van der Waals surface area (Å²) >= 11 is 0. The smallest absolute Gasteiger partial charge is 0.320 e. The molecule has 6 nitrogen and oxygen atoms in total. The van der Waals surface area contributed by atoms with E-state index in [4.69, 9.17) is 0 Å². The molecule has 0 bridgehead atoms. The lowest BCUT2D eigenvalue weighted by molar-refractivity contribution is -0.133. The van der Waals surface area contributed by atoms with Gasteiger partial charge in [0.1, 0.15) is 0 Å². The third kappa shape index (κ3) is 4.82. The Balaban J connectivity index is 1.02. The molecule has 1 N–H and O–H groups in total. The maximum atomic E-state index is 13.2. The molecule has 0 radical (unpaired) electrons. The van der Waals surface area contributed by atoms with Crippen molar-refractivity contribution in [3.63, 3.8) is 0 Å². The van der Waals surface area contributed by atoms with Crippen LogP contribution in [0.25, 0.3) is 0 Å². The number of carbonyl (C=O) groups is 2. The molecule has 0 aromatic heterocycles. The first-order valence-electron chi connectivity index (χ1n) is 16.8. The highest BCUT2D eigenvalue weighted by Crippen LogP contribution is 2.67. The molecule has 9 atom stereocenters. The van der Waals surface area contributed by atoms with E-state index < -0.39 is 0 Å². The van der Waals surface area contributed by atoms with E-state index in [0.717, 1.165) is 68.7 Å². The Bertz CT molecular complexity index is 1000. The lowest BCUT2D eigenvalue weighted by atomic mass is 9.47. The summed E-state index contributed by atoms with van der Waals surface area (Å²) in [7, 11) is 0. The maximum Gasteiger partial charge on any atom is 0.320 e. The van der Waals surface area contributed by atoms with Gasteiger partial charge in [-0.15, -0.1) is 0 Å². The van der Waals surface area contributed by atoms with Crippen molar-refractivity contribution in [3.8, 4) is 0 Å². The van der Waals surface area contributed by atoms with Crippen LogP contribution in [-0.2, 0) is 4.79 Å². The van der Waals surface area contributed by atoms with Crippen molar-refractivity contribution in [1.82, 2.24) is 14.7 Å².